The number of carboxylic acids is 1. The molecule has 0 aromatic heterocycles. The van der Waals surface area contributed by atoms with Crippen molar-refractivity contribution < 1.29 is 14.7 Å². The molecule has 2 fully saturated rings. The molecule has 6 heteroatoms. The Kier molecular flexibility index (Phi) is 6.96. The highest BCUT2D eigenvalue weighted by Gasteiger charge is 2.22. The quantitative estimate of drug-likeness (QED) is 0.700. The molecule has 0 radical (unpaired) electrons. The molecule has 1 saturated carbocycles. The van der Waals surface area contributed by atoms with Crippen LogP contribution in [0.5, 0.6) is 0 Å². The van der Waals surface area contributed by atoms with Crippen molar-refractivity contribution in [3.63, 3.8) is 0 Å². The topological polar surface area (TPSA) is 81.7 Å². The van der Waals surface area contributed by atoms with Crippen molar-refractivity contribution in [3.05, 3.63) is 0 Å². The van der Waals surface area contributed by atoms with Gasteiger partial charge in [0.05, 0.1) is 0 Å². The van der Waals surface area contributed by atoms with Crippen molar-refractivity contribution in [3.8, 4) is 0 Å². The zero-order valence-electron chi connectivity index (χ0n) is 13.4. The van der Waals surface area contributed by atoms with E-state index in [2.05, 4.69) is 15.5 Å². The van der Waals surface area contributed by atoms with Crippen molar-refractivity contribution in [2.75, 3.05) is 19.6 Å². The minimum Gasteiger partial charge on any atom is -0.481 e. The summed E-state index contributed by atoms with van der Waals surface area (Å²) in [7, 11) is 0. The molecule has 1 aliphatic carbocycles. The van der Waals surface area contributed by atoms with Gasteiger partial charge in [-0.05, 0) is 38.6 Å². The fraction of sp³-hybridized carbons (Fsp3) is 0.875. The summed E-state index contributed by atoms with van der Waals surface area (Å²) < 4.78 is 0. The van der Waals surface area contributed by atoms with Crippen LogP contribution in [-0.2, 0) is 4.79 Å². The van der Waals surface area contributed by atoms with Crippen molar-refractivity contribution in [1.29, 1.82) is 0 Å². The second kappa shape index (κ2) is 8.98. The van der Waals surface area contributed by atoms with Crippen LogP contribution in [0.2, 0.25) is 0 Å². The van der Waals surface area contributed by atoms with Crippen LogP contribution in [-0.4, -0.2) is 53.7 Å². The first-order valence-electron chi connectivity index (χ1n) is 8.64. The van der Waals surface area contributed by atoms with Crippen molar-refractivity contribution >= 4 is 12.0 Å². The minimum absolute atomic E-state index is 0.0174. The van der Waals surface area contributed by atoms with Crippen LogP contribution < -0.4 is 10.6 Å². The molecule has 0 aromatic rings. The van der Waals surface area contributed by atoms with Crippen molar-refractivity contribution in [2.45, 2.75) is 69.9 Å². The zero-order chi connectivity index (χ0) is 15.8. The van der Waals surface area contributed by atoms with Gasteiger partial charge in [0.1, 0.15) is 0 Å². The van der Waals surface area contributed by atoms with E-state index >= 15 is 0 Å². The molecule has 3 N–H and O–H groups in total. The van der Waals surface area contributed by atoms with Gasteiger partial charge in [-0.2, -0.15) is 0 Å². The zero-order valence-corrected chi connectivity index (χ0v) is 13.4. The van der Waals surface area contributed by atoms with Gasteiger partial charge in [-0.25, -0.2) is 4.79 Å². The number of urea groups is 1. The molecular formula is C16H29N3O3. The maximum atomic E-state index is 12.0. The Hall–Kier alpha value is -1.30. The molecule has 2 amide bonds. The van der Waals surface area contributed by atoms with E-state index in [0.717, 1.165) is 45.3 Å². The Bertz CT molecular complexity index is 362. The molecule has 6 nitrogen and oxygen atoms in total. The predicted molar refractivity (Wildman–Crippen MR) is 84.9 cm³/mol. The lowest BCUT2D eigenvalue weighted by Crippen LogP contribution is -2.50. The highest BCUT2D eigenvalue weighted by molar-refractivity contribution is 5.74. The monoisotopic (exact) mass is 311 g/mol. The lowest BCUT2D eigenvalue weighted by atomic mass is 9.96. The number of hydrogen-bond donors (Lipinski definition) is 3. The first kappa shape index (κ1) is 17.1. The van der Waals surface area contributed by atoms with Crippen LogP contribution in [0.15, 0.2) is 0 Å². The Balaban J connectivity index is 1.58. The maximum Gasteiger partial charge on any atom is 0.315 e. The molecule has 1 heterocycles. The number of rotatable bonds is 6. The Labute approximate surface area is 132 Å². The summed E-state index contributed by atoms with van der Waals surface area (Å²) in [5, 5.41) is 14.8. The number of amides is 2. The second-order valence-corrected chi connectivity index (χ2v) is 6.57. The van der Waals surface area contributed by atoms with Crippen LogP contribution >= 0.6 is 0 Å². The molecule has 0 spiro atoms. The van der Waals surface area contributed by atoms with E-state index in [0.29, 0.717) is 12.5 Å². The number of likely N-dealkylation sites (tertiary alicyclic amines) is 1. The largest absolute Gasteiger partial charge is 0.481 e. The summed E-state index contributed by atoms with van der Waals surface area (Å²) in [5.74, 6) is -0.726. The summed E-state index contributed by atoms with van der Waals surface area (Å²) in [6.45, 7) is 2.72. The van der Waals surface area contributed by atoms with Gasteiger partial charge in [-0.15, -0.1) is 0 Å². The van der Waals surface area contributed by atoms with E-state index in [1.165, 1.54) is 19.3 Å². The predicted octanol–water partition coefficient (Wildman–Crippen LogP) is 1.95. The molecular weight excluding hydrogens is 282 g/mol. The van der Waals surface area contributed by atoms with Crippen LogP contribution in [0.25, 0.3) is 0 Å². The fourth-order valence-electron chi connectivity index (χ4n) is 3.41. The van der Waals surface area contributed by atoms with Gasteiger partial charge in [-0.1, -0.05) is 19.3 Å². The number of nitrogens with zero attached hydrogens (tertiary/aromatic N) is 1. The highest BCUT2D eigenvalue weighted by atomic mass is 16.4. The fourth-order valence-corrected chi connectivity index (χ4v) is 3.41. The number of carbonyl (C=O) groups excluding carboxylic acids is 1. The van der Waals surface area contributed by atoms with Gasteiger partial charge in [0.2, 0.25) is 0 Å². The van der Waals surface area contributed by atoms with E-state index in [9.17, 15) is 9.59 Å². The van der Waals surface area contributed by atoms with Gasteiger partial charge in [0, 0.05) is 31.6 Å². The Morgan fingerprint density at radius 1 is 0.955 bits per heavy atom. The minimum atomic E-state index is -0.726. The normalized spacial score (nSPS) is 21.5. The number of carboxylic acid groups (broad SMARTS) is 1. The standard InChI is InChI=1S/C16H29N3O3/c20-15(21)7-4-10-19-11-8-14(9-12-19)18-16(22)17-13-5-2-1-3-6-13/h13-14H,1-12H2,(H,20,21)(H2,17,18,22). The Morgan fingerprint density at radius 3 is 2.14 bits per heavy atom. The Morgan fingerprint density at radius 2 is 1.55 bits per heavy atom. The molecule has 2 aliphatic rings. The third-order valence-electron chi connectivity index (χ3n) is 4.73. The average Bonchev–Trinajstić information content (AvgIpc) is 2.49. The van der Waals surface area contributed by atoms with Gasteiger partial charge in [0.25, 0.3) is 0 Å². The van der Waals surface area contributed by atoms with Crippen LogP contribution in [0.3, 0.4) is 0 Å². The van der Waals surface area contributed by atoms with Gasteiger partial charge < -0.3 is 20.6 Å². The third kappa shape index (κ3) is 6.22. The first-order valence-corrected chi connectivity index (χ1v) is 8.64. The van der Waals surface area contributed by atoms with E-state index in [1.807, 2.05) is 0 Å². The van der Waals surface area contributed by atoms with Crippen molar-refractivity contribution in [2.24, 2.45) is 0 Å². The molecule has 1 saturated heterocycles. The lowest BCUT2D eigenvalue weighted by Gasteiger charge is -2.32. The summed E-state index contributed by atoms with van der Waals surface area (Å²) in [4.78, 5) is 24.8. The molecule has 0 aromatic carbocycles. The summed E-state index contributed by atoms with van der Waals surface area (Å²) in [6.07, 6.45) is 8.79. The van der Waals surface area contributed by atoms with Gasteiger partial charge in [0.15, 0.2) is 0 Å². The molecule has 0 unspecified atom stereocenters. The molecule has 1 aliphatic heterocycles. The molecule has 2 rings (SSSR count). The van der Waals surface area contributed by atoms with E-state index in [1.54, 1.807) is 0 Å². The second-order valence-electron chi connectivity index (χ2n) is 6.57. The number of hydrogen-bond acceptors (Lipinski definition) is 3. The van der Waals surface area contributed by atoms with E-state index in [4.69, 9.17) is 5.11 Å². The summed E-state index contributed by atoms with van der Waals surface area (Å²) in [5.41, 5.74) is 0. The SMILES string of the molecule is O=C(O)CCCN1CCC(NC(=O)NC2CCCCC2)CC1. The lowest BCUT2D eigenvalue weighted by molar-refractivity contribution is -0.137. The van der Waals surface area contributed by atoms with Crippen molar-refractivity contribution in [1.82, 2.24) is 15.5 Å². The average molecular weight is 311 g/mol. The van der Waals surface area contributed by atoms with Gasteiger partial charge in [-0.3, -0.25) is 4.79 Å². The summed E-state index contributed by atoms with van der Waals surface area (Å²) in [6, 6.07) is 0.584. The smallest absolute Gasteiger partial charge is 0.315 e. The van der Waals surface area contributed by atoms with E-state index in [-0.39, 0.29) is 18.5 Å². The third-order valence-corrected chi connectivity index (χ3v) is 4.73. The highest BCUT2D eigenvalue weighted by Crippen LogP contribution is 2.17. The maximum absolute atomic E-state index is 12.0. The molecule has 126 valence electrons. The van der Waals surface area contributed by atoms with Gasteiger partial charge >= 0.3 is 12.0 Å². The number of nitrogens with one attached hydrogen (secondary N) is 2. The van der Waals surface area contributed by atoms with E-state index < -0.39 is 5.97 Å². The molecule has 0 bridgehead atoms. The van der Waals surface area contributed by atoms with Crippen LogP contribution in [0, 0.1) is 0 Å². The number of piperidine rings is 1. The number of aliphatic carboxylic acids is 1. The number of carbonyl (C=O) groups is 2. The molecule has 0 atom stereocenters. The van der Waals surface area contributed by atoms with Crippen LogP contribution in [0.4, 0.5) is 4.79 Å². The summed E-state index contributed by atoms with van der Waals surface area (Å²) >= 11 is 0. The first-order chi connectivity index (χ1) is 10.6. The molecule has 22 heavy (non-hydrogen) atoms. The van der Waals surface area contributed by atoms with Crippen LogP contribution in [0.1, 0.15) is 57.8 Å².